The summed E-state index contributed by atoms with van der Waals surface area (Å²) in [6.45, 7) is 3.11. The second-order valence-corrected chi connectivity index (χ2v) is 7.81. The molecule has 9 nitrogen and oxygen atoms in total. The Morgan fingerprint density at radius 1 is 0.829 bits per heavy atom. The van der Waals surface area contributed by atoms with Crippen LogP contribution in [0.1, 0.15) is 35.7 Å². The van der Waals surface area contributed by atoms with E-state index < -0.39 is 11.9 Å². The van der Waals surface area contributed by atoms with E-state index in [4.69, 9.17) is 15.2 Å². The lowest BCUT2D eigenvalue weighted by Gasteiger charge is -2.19. The lowest BCUT2D eigenvalue weighted by atomic mass is 9.97. The molecule has 0 aliphatic carbocycles. The minimum Gasteiger partial charge on any atom is -0.493 e. The highest BCUT2D eigenvalue weighted by atomic mass is 16.5. The Bertz CT molecular complexity index is 1240. The smallest absolute Gasteiger partial charge is 0.323 e. The molecule has 0 aromatic heterocycles. The topological polar surface area (TPSA) is 132 Å². The van der Waals surface area contributed by atoms with E-state index in [2.05, 4.69) is 16.0 Å². The third-order valence-electron chi connectivity index (χ3n) is 5.40. The van der Waals surface area contributed by atoms with Crippen LogP contribution in [0.25, 0.3) is 0 Å². The standard InChI is InChI=1S/C26H28N4O5/c1-15(25(32)29-22-14-24(35-4)23(34-3)13-20(22)16(2)31)19-7-5-6-8-21(19)30-26(33)28-18-11-9-17(27)10-12-18/h5-15H,27H2,1-4H3,(H,29,32)(H2,28,30,33). The monoisotopic (exact) mass is 476 g/mol. The Morgan fingerprint density at radius 2 is 1.46 bits per heavy atom. The van der Waals surface area contributed by atoms with E-state index in [-0.39, 0.29) is 17.3 Å². The van der Waals surface area contributed by atoms with Crippen molar-refractivity contribution < 1.29 is 23.9 Å². The van der Waals surface area contributed by atoms with Crippen LogP contribution in [-0.2, 0) is 4.79 Å². The highest BCUT2D eigenvalue weighted by Crippen LogP contribution is 2.34. The van der Waals surface area contributed by atoms with Crippen molar-refractivity contribution >= 4 is 40.5 Å². The summed E-state index contributed by atoms with van der Waals surface area (Å²) >= 11 is 0. The summed E-state index contributed by atoms with van der Waals surface area (Å²) in [5.41, 5.74) is 8.50. The Morgan fingerprint density at radius 3 is 2.09 bits per heavy atom. The second kappa shape index (κ2) is 11.1. The van der Waals surface area contributed by atoms with Crippen LogP contribution in [0.5, 0.6) is 11.5 Å². The number of amides is 3. The van der Waals surface area contributed by atoms with Crippen molar-refractivity contribution in [3.8, 4) is 11.5 Å². The quantitative estimate of drug-likeness (QED) is 0.271. The number of ketones is 1. The van der Waals surface area contributed by atoms with Crippen LogP contribution < -0.4 is 31.2 Å². The van der Waals surface area contributed by atoms with E-state index >= 15 is 0 Å². The molecule has 1 atom stereocenters. The number of ether oxygens (including phenoxy) is 2. The number of nitrogens with one attached hydrogen (secondary N) is 3. The summed E-state index contributed by atoms with van der Waals surface area (Å²) < 4.78 is 10.6. The lowest BCUT2D eigenvalue weighted by molar-refractivity contribution is -0.117. The Balaban J connectivity index is 1.80. The highest BCUT2D eigenvalue weighted by Gasteiger charge is 2.22. The van der Waals surface area contributed by atoms with Gasteiger partial charge in [0.25, 0.3) is 0 Å². The normalized spacial score (nSPS) is 11.2. The van der Waals surface area contributed by atoms with Gasteiger partial charge in [0.15, 0.2) is 17.3 Å². The van der Waals surface area contributed by atoms with Gasteiger partial charge < -0.3 is 31.2 Å². The summed E-state index contributed by atoms with van der Waals surface area (Å²) in [6.07, 6.45) is 0. The number of hydrogen-bond acceptors (Lipinski definition) is 6. The molecule has 0 aliphatic rings. The van der Waals surface area contributed by atoms with Crippen LogP contribution in [0.3, 0.4) is 0 Å². The van der Waals surface area contributed by atoms with Crippen LogP contribution in [0, 0.1) is 0 Å². The molecule has 3 aromatic carbocycles. The van der Waals surface area contributed by atoms with Crippen molar-refractivity contribution in [3.63, 3.8) is 0 Å². The Hall–Kier alpha value is -4.53. The van der Waals surface area contributed by atoms with Gasteiger partial charge in [-0.2, -0.15) is 0 Å². The van der Waals surface area contributed by atoms with E-state index in [1.54, 1.807) is 61.5 Å². The summed E-state index contributed by atoms with van der Waals surface area (Å²) in [4.78, 5) is 37.9. The number of rotatable bonds is 8. The number of nitrogen functional groups attached to an aromatic ring is 1. The summed E-state index contributed by atoms with van der Waals surface area (Å²) in [6, 6.07) is 16.3. The first-order chi connectivity index (χ1) is 16.7. The minimum absolute atomic E-state index is 0.240. The molecule has 3 rings (SSSR count). The molecule has 3 amide bonds. The highest BCUT2D eigenvalue weighted by molar-refractivity contribution is 6.06. The second-order valence-electron chi connectivity index (χ2n) is 7.81. The van der Waals surface area contributed by atoms with E-state index in [0.717, 1.165) is 0 Å². The van der Waals surface area contributed by atoms with Gasteiger partial charge >= 0.3 is 6.03 Å². The molecular formula is C26H28N4O5. The number of benzene rings is 3. The molecular weight excluding hydrogens is 448 g/mol. The van der Waals surface area contributed by atoms with Gasteiger partial charge in [0, 0.05) is 28.7 Å². The predicted molar refractivity (Wildman–Crippen MR) is 137 cm³/mol. The maximum atomic E-state index is 13.2. The number of Topliss-reactive ketones (excluding diaryl/α,β-unsaturated/α-hetero) is 1. The molecule has 0 fully saturated rings. The first-order valence-electron chi connectivity index (χ1n) is 10.8. The molecule has 0 saturated heterocycles. The number of nitrogens with two attached hydrogens (primary N) is 1. The van der Waals surface area contributed by atoms with Gasteiger partial charge in [-0.1, -0.05) is 18.2 Å². The van der Waals surface area contributed by atoms with Crippen LogP contribution in [0.4, 0.5) is 27.5 Å². The van der Waals surface area contributed by atoms with Gasteiger partial charge in [-0.05, 0) is 55.8 Å². The molecule has 0 saturated carbocycles. The van der Waals surface area contributed by atoms with Gasteiger partial charge in [-0.15, -0.1) is 0 Å². The van der Waals surface area contributed by atoms with E-state index in [0.29, 0.717) is 39.8 Å². The molecule has 3 aromatic rings. The largest absolute Gasteiger partial charge is 0.493 e. The molecule has 5 N–H and O–H groups in total. The summed E-state index contributed by atoms with van der Waals surface area (Å²) in [7, 11) is 2.94. The van der Waals surface area contributed by atoms with Gasteiger partial charge in [0.2, 0.25) is 5.91 Å². The van der Waals surface area contributed by atoms with Gasteiger partial charge in [-0.3, -0.25) is 9.59 Å². The average molecular weight is 477 g/mol. The van der Waals surface area contributed by atoms with Crippen molar-refractivity contribution in [1.29, 1.82) is 0 Å². The maximum absolute atomic E-state index is 13.2. The zero-order valence-electron chi connectivity index (χ0n) is 20.0. The van der Waals surface area contributed by atoms with Crippen LogP contribution in [0.2, 0.25) is 0 Å². The molecule has 35 heavy (non-hydrogen) atoms. The fraction of sp³-hybridized carbons (Fsp3) is 0.192. The van der Waals surface area contributed by atoms with E-state index in [1.807, 2.05) is 0 Å². The van der Waals surface area contributed by atoms with E-state index in [1.165, 1.54) is 27.2 Å². The van der Waals surface area contributed by atoms with Crippen molar-refractivity contribution in [2.45, 2.75) is 19.8 Å². The SMILES string of the molecule is COc1cc(NC(=O)C(C)c2ccccc2NC(=O)Nc2ccc(N)cc2)c(C(C)=O)cc1OC. The molecule has 1 unspecified atom stereocenters. The molecule has 9 heteroatoms. The molecule has 182 valence electrons. The third kappa shape index (κ3) is 6.08. The summed E-state index contributed by atoms with van der Waals surface area (Å²) in [5.74, 6) is -0.508. The number of methoxy groups -OCH3 is 2. The zero-order valence-corrected chi connectivity index (χ0v) is 20.0. The van der Waals surface area contributed by atoms with Crippen molar-refractivity contribution in [2.24, 2.45) is 0 Å². The lowest BCUT2D eigenvalue weighted by Crippen LogP contribution is -2.24. The van der Waals surface area contributed by atoms with Gasteiger partial charge in [0.1, 0.15) is 0 Å². The van der Waals surface area contributed by atoms with Crippen molar-refractivity contribution in [1.82, 2.24) is 0 Å². The van der Waals surface area contributed by atoms with Gasteiger partial charge in [-0.25, -0.2) is 4.79 Å². The first-order valence-corrected chi connectivity index (χ1v) is 10.8. The molecule has 0 heterocycles. The molecule has 0 bridgehead atoms. The molecule has 0 aliphatic heterocycles. The van der Waals surface area contributed by atoms with E-state index in [9.17, 15) is 14.4 Å². The fourth-order valence-corrected chi connectivity index (χ4v) is 3.50. The first kappa shape index (κ1) is 25.1. The van der Waals surface area contributed by atoms with Crippen molar-refractivity contribution in [2.75, 3.05) is 35.9 Å². The number of hydrogen-bond donors (Lipinski definition) is 4. The maximum Gasteiger partial charge on any atom is 0.323 e. The zero-order chi connectivity index (χ0) is 25.5. The Labute approximate surface area is 203 Å². The summed E-state index contributed by atoms with van der Waals surface area (Å²) in [5, 5.41) is 8.32. The Kier molecular flexibility index (Phi) is 7.93. The minimum atomic E-state index is -0.657. The fourth-order valence-electron chi connectivity index (χ4n) is 3.50. The van der Waals surface area contributed by atoms with Gasteiger partial charge in [0.05, 0.1) is 25.8 Å². The number of carbonyl (C=O) groups excluding carboxylic acids is 3. The average Bonchev–Trinajstić information content (AvgIpc) is 2.84. The number of urea groups is 1. The van der Waals surface area contributed by atoms with Crippen molar-refractivity contribution in [3.05, 3.63) is 71.8 Å². The number of anilines is 4. The number of carbonyl (C=O) groups is 3. The molecule has 0 spiro atoms. The van der Waals surface area contributed by atoms with Crippen LogP contribution in [0.15, 0.2) is 60.7 Å². The number of para-hydroxylation sites is 1. The third-order valence-corrected chi connectivity index (χ3v) is 5.40. The van der Waals surface area contributed by atoms with Crippen LogP contribution in [-0.4, -0.2) is 31.9 Å². The van der Waals surface area contributed by atoms with Crippen LogP contribution >= 0.6 is 0 Å². The molecule has 0 radical (unpaired) electrons. The predicted octanol–water partition coefficient (Wildman–Crippen LogP) is 4.87.